The van der Waals surface area contributed by atoms with Crippen molar-refractivity contribution >= 4 is 21.6 Å². The molecule has 1 rings (SSSR count). The highest BCUT2D eigenvalue weighted by Crippen LogP contribution is 2.39. The van der Waals surface area contributed by atoms with E-state index in [1.165, 1.54) is 26.4 Å². The molecule has 0 N–H and O–H groups in total. The van der Waals surface area contributed by atoms with E-state index < -0.39 is 9.75 Å². The van der Waals surface area contributed by atoms with Crippen LogP contribution in [-0.2, 0) is 0 Å². The van der Waals surface area contributed by atoms with Crippen LogP contribution < -0.4 is 9.47 Å². The molecule has 0 aliphatic heterocycles. The van der Waals surface area contributed by atoms with Crippen LogP contribution in [0.25, 0.3) is 0 Å². The van der Waals surface area contributed by atoms with Gasteiger partial charge in [-0.2, -0.15) is 5.26 Å². The maximum Gasteiger partial charge on any atom is 0.278 e. The standard InChI is InChI=1S/C10H9BrN2O4/c1-16-9-3-6(7(11)5-12)8(13(14)15)4-10(9)17-2/h3-4,7H,1-2H3. The molecule has 0 amide bonds. The number of nitro benzene ring substituents is 1. The molecule has 0 aliphatic rings. The molecule has 0 radical (unpaired) electrons. The minimum Gasteiger partial charge on any atom is -0.493 e. The van der Waals surface area contributed by atoms with Crippen molar-refractivity contribution in [2.75, 3.05) is 14.2 Å². The van der Waals surface area contributed by atoms with E-state index in [1.807, 2.05) is 6.07 Å². The van der Waals surface area contributed by atoms with E-state index in [0.29, 0.717) is 5.75 Å². The van der Waals surface area contributed by atoms with E-state index >= 15 is 0 Å². The Morgan fingerprint density at radius 2 is 1.94 bits per heavy atom. The molecular formula is C10H9BrN2O4. The van der Waals surface area contributed by atoms with Crippen molar-refractivity contribution in [2.45, 2.75) is 4.83 Å². The zero-order valence-electron chi connectivity index (χ0n) is 9.14. The van der Waals surface area contributed by atoms with Gasteiger partial charge in [0.2, 0.25) is 0 Å². The van der Waals surface area contributed by atoms with Gasteiger partial charge in [0.25, 0.3) is 5.69 Å². The van der Waals surface area contributed by atoms with E-state index in [9.17, 15) is 10.1 Å². The van der Waals surface area contributed by atoms with Crippen LogP contribution in [0.5, 0.6) is 11.5 Å². The normalized spacial score (nSPS) is 11.4. The Hall–Kier alpha value is -1.81. The van der Waals surface area contributed by atoms with Crippen LogP contribution in [-0.4, -0.2) is 19.1 Å². The van der Waals surface area contributed by atoms with Crippen LogP contribution >= 0.6 is 15.9 Å². The molecule has 17 heavy (non-hydrogen) atoms. The number of nitro groups is 1. The lowest BCUT2D eigenvalue weighted by molar-refractivity contribution is -0.385. The third-order valence-corrected chi connectivity index (χ3v) is 2.81. The smallest absolute Gasteiger partial charge is 0.278 e. The third-order valence-electron chi connectivity index (χ3n) is 2.12. The Balaban J connectivity index is 3.46. The summed E-state index contributed by atoms with van der Waals surface area (Å²) < 4.78 is 10.00. The van der Waals surface area contributed by atoms with Gasteiger partial charge < -0.3 is 9.47 Å². The number of benzene rings is 1. The molecule has 1 unspecified atom stereocenters. The lowest BCUT2D eigenvalue weighted by atomic mass is 10.1. The van der Waals surface area contributed by atoms with Gasteiger partial charge in [0.15, 0.2) is 11.5 Å². The molecule has 1 atom stereocenters. The molecule has 0 bridgehead atoms. The van der Waals surface area contributed by atoms with Gasteiger partial charge in [-0.3, -0.25) is 10.1 Å². The number of nitriles is 1. The minimum absolute atomic E-state index is 0.189. The largest absolute Gasteiger partial charge is 0.493 e. The molecule has 0 saturated heterocycles. The first-order chi connectivity index (χ1) is 8.04. The topological polar surface area (TPSA) is 85.4 Å². The van der Waals surface area contributed by atoms with Crippen molar-refractivity contribution in [3.63, 3.8) is 0 Å². The van der Waals surface area contributed by atoms with Gasteiger partial charge in [-0.25, -0.2) is 0 Å². The van der Waals surface area contributed by atoms with Gasteiger partial charge in [-0.1, -0.05) is 15.9 Å². The zero-order valence-corrected chi connectivity index (χ0v) is 10.7. The van der Waals surface area contributed by atoms with E-state index in [2.05, 4.69) is 15.9 Å². The maximum atomic E-state index is 10.9. The Morgan fingerprint density at radius 1 is 1.41 bits per heavy atom. The van der Waals surface area contributed by atoms with Crippen LogP contribution in [0.4, 0.5) is 5.69 Å². The van der Waals surface area contributed by atoms with Gasteiger partial charge in [0.05, 0.1) is 36.8 Å². The lowest BCUT2D eigenvalue weighted by Crippen LogP contribution is -2.00. The highest BCUT2D eigenvalue weighted by Gasteiger charge is 2.24. The molecule has 0 aliphatic carbocycles. The van der Waals surface area contributed by atoms with E-state index in [-0.39, 0.29) is 17.0 Å². The number of ether oxygens (including phenoxy) is 2. The number of hydrogen-bond acceptors (Lipinski definition) is 5. The molecule has 0 heterocycles. The summed E-state index contributed by atoms with van der Waals surface area (Å²) in [7, 11) is 2.81. The van der Waals surface area contributed by atoms with Crippen molar-refractivity contribution in [3.05, 3.63) is 27.8 Å². The average Bonchev–Trinajstić information content (AvgIpc) is 2.35. The number of rotatable bonds is 4. The highest BCUT2D eigenvalue weighted by molar-refractivity contribution is 9.09. The van der Waals surface area contributed by atoms with Crippen molar-refractivity contribution < 1.29 is 14.4 Å². The number of methoxy groups -OCH3 is 2. The second-order valence-corrected chi connectivity index (χ2v) is 3.93. The molecule has 0 fully saturated rings. The second kappa shape index (κ2) is 5.50. The van der Waals surface area contributed by atoms with Crippen molar-refractivity contribution in [1.82, 2.24) is 0 Å². The average molecular weight is 301 g/mol. The maximum absolute atomic E-state index is 10.9. The monoisotopic (exact) mass is 300 g/mol. The number of halogens is 1. The Kier molecular flexibility index (Phi) is 4.29. The molecule has 0 aromatic heterocycles. The zero-order chi connectivity index (χ0) is 13.0. The number of hydrogen-bond donors (Lipinski definition) is 0. The van der Waals surface area contributed by atoms with Crippen LogP contribution in [0, 0.1) is 21.4 Å². The fourth-order valence-electron chi connectivity index (χ4n) is 1.31. The van der Waals surface area contributed by atoms with Crippen LogP contribution in [0.3, 0.4) is 0 Å². The Labute approximate surface area is 106 Å². The van der Waals surface area contributed by atoms with E-state index in [1.54, 1.807) is 0 Å². The van der Waals surface area contributed by atoms with Crippen molar-refractivity contribution in [3.8, 4) is 17.6 Å². The fourth-order valence-corrected chi connectivity index (χ4v) is 1.68. The van der Waals surface area contributed by atoms with Gasteiger partial charge in [-0.05, 0) is 6.07 Å². The first-order valence-corrected chi connectivity index (χ1v) is 5.40. The van der Waals surface area contributed by atoms with Crippen LogP contribution in [0.1, 0.15) is 10.4 Å². The first-order valence-electron chi connectivity index (χ1n) is 4.49. The Bertz CT molecular complexity index is 484. The summed E-state index contributed by atoms with van der Waals surface area (Å²) in [4.78, 5) is 9.55. The third kappa shape index (κ3) is 2.65. The second-order valence-electron chi connectivity index (χ2n) is 3.01. The molecular weight excluding hydrogens is 292 g/mol. The van der Waals surface area contributed by atoms with E-state index in [4.69, 9.17) is 14.7 Å². The molecule has 0 saturated carbocycles. The molecule has 7 heteroatoms. The lowest BCUT2D eigenvalue weighted by Gasteiger charge is -2.10. The van der Waals surface area contributed by atoms with Gasteiger partial charge >= 0.3 is 0 Å². The quantitative estimate of drug-likeness (QED) is 0.484. The van der Waals surface area contributed by atoms with Gasteiger partial charge in [0.1, 0.15) is 4.83 Å². The van der Waals surface area contributed by atoms with Crippen molar-refractivity contribution in [2.24, 2.45) is 0 Å². The summed E-state index contributed by atoms with van der Waals surface area (Å²) in [6.07, 6.45) is 0. The van der Waals surface area contributed by atoms with E-state index in [0.717, 1.165) is 0 Å². The molecule has 90 valence electrons. The summed E-state index contributed by atoms with van der Waals surface area (Å²) in [5, 5.41) is 19.7. The summed E-state index contributed by atoms with van der Waals surface area (Å²) in [6.45, 7) is 0. The van der Waals surface area contributed by atoms with Crippen LogP contribution in [0.2, 0.25) is 0 Å². The van der Waals surface area contributed by atoms with Crippen LogP contribution in [0.15, 0.2) is 12.1 Å². The summed E-state index contributed by atoms with van der Waals surface area (Å²) in [6, 6.07) is 4.53. The predicted molar refractivity (Wildman–Crippen MR) is 63.5 cm³/mol. The molecule has 1 aromatic carbocycles. The highest BCUT2D eigenvalue weighted by atomic mass is 79.9. The number of nitrogens with zero attached hydrogens (tertiary/aromatic N) is 2. The predicted octanol–water partition coefficient (Wildman–Crippen LogP) is 2.57. The first kappa shape index (κ1) is 13.3. The molecule has 6 nitrogen and oxygen atoms in total. The van der Waals surface area contributed by atoms with Crippen molar-refractivity contribution in [1.29, 1.82) is 5.26 Å². The molecule has 1 aromatic rings. The van der Waals surface area contributed by atoms with Gasteiger partial charge in [0, 0.05) is 0 Å². The number of alkyl halides is 1. The SMILES string of the molecule is COc1cc(C(Br)C#N)c([N+](=O)[O-])cc1OC. The van der Waals surface area contributed by atoms with Gasteiger partial charge in [-0.15, -0.1) is 0 Å². The minimum atomic E-state index is -0.775. The summed E-state index contributed by atoms with van der Waals surface area (Å²) in [5.41, 5.74) is 0.0428. The summed E-state index contributed by atoms with van der Waals surface area (Å²) in [5.74, 6) is 0.591. The fraction of sp³-hybridized carbons (Fsp3) is 0.300. The molecule has 0 spiro atoms. The summed E-state index contributed by atoms with van der Waals surface area (Å²) >= 11 is 3.05. The Morgan fingerprint density at radius 3 is 2.35 bits per heavy atom.